The third-order valence-corrected chi connectivity index (χ3v) is 4.42. The molecule has 2 aliphatic heterocycles. The minimum absolute atomic E-state index is 0.00179. The monoisotopic (exact) mass is 292 g/mol. The number of carbonyl (C=O) groups is 1. The van der Waals surface area contributed by atoms with Crippen LogP contribution in [0.3, 0.4) is 0 Å². The standard InChI is InChI=1S/C15H24N4O2/c1-18(15(20)17-9-13-3-2-8-21-13)10-12-4-5-14-16-6-7-19(14)11-12/h6-7,12-13H,2-5,8-11H2,1H3,(H,17,20)/t12-,13+/m1/s1. The van der Waals surface area contributed by atoms with Crippen LogP contribution in [0.4, 0.5) is 4.79 Å². The molecule has 1 aromatic heterocycles. The van der Waals surface area contributed by atoms with Crippen LogP contribution in [0.1, 0.15) is 25.1 Å². The normalized spacial score (nSPS) is 24.6. The second-order valence-corrected chi connectivity index (χ2v) is 6.10. The van der Waals surface area contributed by atoms with Crippen LogP contribution >= 0.6 is 0 Å². The highest BCUT2D eigenvalue weighted by atomic mass is 16.5. The molecule has 116 valence electrons. The van der Waals surface area contributed by atoms with Crippen molar-refractivity contribution >= 4 is 6.03 Å². The molecule has 2 aliphatic rings. The van der Waals surface area contributed by atoms with Crippen molar-refractivity contribution in [2.45, 2.75) is 38.3 Å². The predicted octanol–water partition coefficient (Wildman–Crippen LogP) is 1.27. The van der Waals surface area contributed by atoms with Crippen molar-refractivity contribution in [3.05, 3.63) is 18.2 Å². The van der Waals surface area contributed by atoms with Crippen molar-refractivity contribution in [2.75, 3.05) is 26.7 Å². The number of aromatic nitrogens is 2. The molecule has 21 heavy (non-hydrogen) atoms. The van der Waals surface area contributed by atoms with E-state index in [2.05, 4.69) is 14.9 Å². The van der Waals surface area contributed by atoms with E-state index in [0.29, 0.717) is 12.5 Å². The highest BCUT2D eigenvalue weighted by molar-refractivity contribution is 5.73. The quantitative estimate of drug-likeness (QED) is 0.909. The van der Waals surface area contributed by atoms with Gasteiger partial charge in [0.05, 0.1) is 6.10 Å². The van der Waals surface area contributed by atoms with Crippen molar-refractivity contribution in [3.63, 3.8) is 0 Å². The van der Waals surface area contributed by atoms with Crippen LogP contribution in [0.25, 0.3) is 0 Å². The molecule has 6 nitrogen and oxygen atoms in total. The molecule has 0 aliphatic carbocycles. The van der Waals surface area contributed by atoms with E-state index in [-0.39, 0.29) is 12.1 Å². The van der Waals surface area contributed by atoms with E-state index >= 15 is 0 Å². The number of rotatable bonds is 4. The fourth-order valence-corrected chi connectivity index (χ4v) is 3.20. The minimum atomic E-state index is 0.00179. The Labute approximate surface area is 125 Å². The third-order valence-electron chi connectivity index (χ3n) is 4.42. The van der Waals surface area contributed by atoms with Crippen molar-refractivity contribution in [2.24, 2.45) is 5.92 Å². The predicted molar refractivity (Wildman–Crippen MR) is 79.0 cm³/mol. The first kappa shape index (κ1) is 14.4. The molecule has 2 amide bonds. The lowest BCUT2D eigenvalue weighted by atomic mass is 9.99. The van der Waals surface area contributed by atoms with Crippen LogP contribution in [0.5, 0.6) is 0 Å². The van der Waals surface area contributed by atoms with Crippen molar-refractivity contribution in [1.29, 1.82) is 0 Å². The molecular weight excluding hydrogens is 268 g/mol. The topological polar surface area (TPSA) is 59.4 Å². The molecular formula is C15H24N4O2. The molecule has 0 radical (unpaired) electrons. The van der Waals surface area contributed by atoms with Gasteiger partial charge in [-0.3, -0.25) is 0 Å². The lowest BCUT2D eigenvalue weighted by molar-refractivity contribution is 0.109. The van der Waals surface area contributed by atoms with E-state index in [1.807, 2.05) is 19.4 Å². The molecule has 2 atom stereocenters. The van der Waals surface area contributed by atoms with Gasteiger partial charge in [0.1, 0.15) is 5.82 Å². The molecule has 0 aromatic carbocycles. The summed E-state index contributed by atoms with van der Waals surface area (Å²) in [5.41, 5.74) is 0. The number of nitrogens with zero attached hydrogens (tertiary/aromatic N) is 3. The zero-order valence-electron chi connectivity index (χ0n) is 12.6. The smallest absolute Gasteiger partial charge is 0.317 e. The number of nitrogens with one attached hydrogen (secondary N) is 1. The minimum Gasteiger partial charge on any atom is -0.376 e. The first-order valence-corrected chi connectivity index (χ1v) is 7.83. The van der Waals surface area contributed by atoms with Crippen LogP contribution in [-0.2, 0) is 17.7 Å². The summed E-state index contributed by atoms with van der Waals surface area (Å²) in [7, 11) is 1.87. The van der Waals surface area contributed by atoms with Gasteiger partial charge >= 0.3 is 6.03 Å². The number of aryl methyl sites for hydroxylation is 1. The van der Waals surface area contributed by atoms with Crippen molar-refractivity contribution < 1.29 is 9.53 Å². The zero-order chi connectivity index (χ0) is 14.7. The Bertz CT molecular complexity index is 482. The summed E-state index contributed by atoms with van der Waals surface area (Å²) >= 11 is 0. The summed E-state index contributed by atoms with van der Waals surface area (Å²) < 4.78 is 7.72. The summed E-state index contributed by atoms with van der Waals surface area (Å²) in [5, 5.41) is 2.97. The number of fused-ring (bicyclic) bond motifs is 1. The van der Waals surface area contributed by atoms with Gasteiger partial charge in [0.15, 0.2) is 0 Å². The van der Waals surface area contributed by atoms with Gasteiger partial charge in [-0.25, -0.2) is 9.78 Å². The largest absolute Gasteiger partial charge is 0.376 e. The van der Waals surface area contributed by atoms with Gasteiger partial charge < -0.3 is 19.5 Å². The Kier molecular flexibility index (Phi) is 4.43. The Morgan fingerprint density at radius 2 is 2.48 bits per heavy atom. The van der Waals surface area contributed by atoms with Gasteiger partial charge in [0.2, 0.25) is 0 Å². The van der Waals surface area contributed by atoms with E-state index < -0.39 is 0 Å². The Hall–Kier alpha value is -1.56. The maximum atomic E-state index is 12.1. The molecule has 1 fully saturated rings. The Morgan fingerprint density at radius 3 is 3.29 bits per heavy atom. The fraction of sp³-hybridized carbons (Fsp3) is 0.733. The van der Waals surface area contributed by atoms with Gasteiger partial charge in [0, 0.05) is 52.1 Å². The number of hydrogen-bond donors (Lipinski definition) is 1. The average molecular weight is 292 g/mol. The SMILES string of the molecule is CN(C[C@H]1CCc2nccn2C1)C(=O)NC[C@@H]1CCCO1. The average Bonchev–Trinajstić information content (AvgIpc) is 3.15. The fourth-order valence-electron chi connectivity index (χ4n) is 3.20. The highest BCUT2D eigenvalue weighted by Gasteiger charge is 2.22. The van der Waals surface area contributed by atoms with Crippen LogP contribution in [-0.4, -0.2) is 53.3 Å². The summed E-state index contributed by atoms with van der Waals surface area (Å²) in [5.74, 6) is 1.67. The first-order valence-electron chi connectivity index (χ1n) is 7.83. The highest BCUT2D eigenvalue weighted by Crippen LogP contribution is 2.19. The number of imidazole rings is 1. The summed E-state index contributed by atoms with van der Waals surface area (Å²) in [6.07, 6.45) is 8.34. The second-order valence-electron chi connectivity index (χ2n) is 6.10. The second kappa shape index (κ2) is 6.47. The number of carbonyl (C=O) groups excluding carboxylic acids is 1. The lowest BCUT2D eigenvalue weighted by Gasteiger charge is -2.28. The van der Waals surface area contributed by atoms with Gasteiger partial charge in [-0.2, -0.15) is 0 Å². The maximum Gasteiger partial charge on any atom is 0.317 e. The first-order chi connectivity index (χ1) is 10.2. The van der Waals surface area contributed by atoms with Gasteiger partial charge in [-0.15, -0.1) is 0 Å². The Morgan fingerprint density at radius 1 is 1.57 bits per heavy atom. The lowest BCUT2D eigenvalue weighted by Crippen LogP contribution is -2.43. The molecule has 1 saturated heterocycles. The van der Waals surface area contributed by atoms with Crippen molar-refractivity contribution in [3.8, 4) is 0 Å². The Balaban J connectivity index is 1.43. The van der Waals surface area contributed by atoms with Gasteiger partial charge in [0.25, 0.3) is 0 Å². The molecule has 1 N–H and O–H groups in total. The number of urea groups is 1. The van der Waals surface area contributed by atoms with Crippen LogP contribution in [0.2, 0.25) is 0 Å². The van der Waals surface area contributed by atoms with E-state index in [4.69, 9.17) is 4.74 Å². The van der Waals surface area contributed by atoms with Crippen LogP contribution in [0.15, 0.2) is 12.4 Å². The molecule has 3 rings (SSSR count). The van der Waals surface area contributed by atoms with E-state index in [1.165, 1.54) is 0 Å². The van der Waals surface area contributed by atoms with Crippen LogP contribution in [0, 0.1) is 5.92 Å². The van der Waals surface area contributed by atoms with Gasteiger partial charge in [-0.05, 0) is 25.2 Å². The van der Waals surface area contributed by atoms with E-state index in [9.17, 15) is 4.79 Å². The summed E-state index contributed by atoms with van der Waals surface area (Å²) in [6.45, 7) is 3.19. The number of hydrogen-bond acceptors (Lipinski definition) is 3. The molecule has 6 heteroatoms. The third kappa shape index (κ3) is 3.56. The number of ether oxygens (including phenoxy) is 1. The molecule has 0 unspecified atom stereocenters. The van der Waals surface area contributed by atoms with E-state index in [1.54, 1.807) is 4.90 Å². The van der Waals surface area contributed by atoms with Gasteiger partial charge in [-0.1, -0.05) is 0 Å². The van der Waals surface area contributed by atoms with E-state index in [0.717, 1.165) is 51.2 Å². The molecule has 3 heterocycles. The molecule has 0 spiro atoms. The summed E-state index contributed by atoms with van der Waals surface area (Å²) in [6, 6.07) is 0.00179. The van der Waals surface area contributed by atoms with Crippen LogP contribution < -0.4 is 5.32 Å². The summed E-state index contributed by atoms with van der Waals surface area (Å²) in [4.78, 5) is 18.2. The molecule has 1 aromatic rings. The number of amides is 2. The molecule has 0 saturated carbocycles. The molecule has 0 bridgehead atoms. The zero-order valence-corrected chi connectivity index (χ0v) is 12.6. The van der Waals surface area contributed by atoms with Crippen molar-refractivity contribution in [1.82, 2.24) is 19.8 Å². The maximum absolute atomic E-state index is 12.1.